The van der Waals surface area contributed by atoms with E-state index in [1.165, 1.54) is 13.2 Å². The molecular formula is C28H26FN3O4. The average molecular weight is 488 g/mol. The number of para-hydroxylation sites is 1. The zero-order valence-electron chi connectivity index (χ0n) is 20.1. The van der Waals surface area contributed by atoms with Crippen molar-refractivity contribution in [3.05, 3.63) is 77.1 Å². The second kappa shape index (κ2) is 9.78. The van der Waals surface area contributed by atoms with E-state index in [4.69, 9.17) is 19.5 Å². The lowest BCUT2D eigenvalue weighted by molar-refractivity contribution is -0.141. The molecule has 3 aromatic carbocycles. The number of anilines is 3. The third kappa shape index (κ3) is 4.29. The maximum Gasteiger partial charge on any atom is 0.306 e. The van der Waals surface area contributed by atoms with Crippen LogP contribution in [0.25, 0.3) is 0 Å². The Hall–Kier alpha value is -4.25. The lowest BCUT2D eigenvalue weighted by Crippen LogP contribution is -2.18. The van der Waals surface area contributed by atoms with Crippen LogP contribution < -0.4 is 19.7 Å². The maximum atomic E-state index is 14.8. The predicted octanol–water partition coefficient (Wildman–Crippen LogP) is 5.44. The number of carbonyl (C=O) groups is 1. The first-order valence-corrected chi connectivity index (χ1v) is 11.8. The van der Waals surface area contributed by atoms with E-state index in [1.807, 2.05) is 54.3 Å². The zero-order valence-corrected chi connectivity index (χ0v) is 20.1. The highest BCUT2D eigenvalue weighted by Gasteiger charge is 2.31. The summed E-state index contributed by atoms with van der Waals surface area (Å²) in [6.45, 7) is 3.34. The van der Waals surface area contributed by atoms with Crippen LogP contribution in [0.15, 0.2) is 54.6 Å². The van der Waals surface area contributed by atoms with Gasteiger partial charge in [0.25, 0.3) is 0 Å². The number of rotatable bonds is 7. The Bertz CT molecular complexity index is 1350. The van der Waals surface area contributed by atoms with Crippen LogP contribution in [-0.2, 0) is 9.53 Å². The Kier molecular flexibility index (Phi) is 6.38. The fourth-order valence-corrected chi connectivity index (χ4v) is 4.85. The molecular weight excluding hydrogens is 461 g/mol. The molecule has 2 heterocycles. The van der Waals surface area contributed by atoms with E-state index in [9.17, 15) is 9.18 Å². The van der Waals surface area contributed by atoms with Crippen LogP contribution in [0, 0.1) is 17.1 Å². The summed E-state index contributed by atoms with van der Waals surface area (Å²) in [5.41, 5.74) is 4.29. The Balaban J connectivity index is 1.38. The molecule has 0 aromatic heterocycles. The van der Waals surface area contributed by atoms with Gasteiger partial charge in [0.05, 0.1) is 49.2 Å². The van der Waals surface area contributed by atoms with Crippen molar-refractivity contribution < 1.29 is 23.4 Å². The van der Waals surface area contributed by atoms with E-state index in [-0.39, 0.29) is 29.9 Å². The number of nitriles is 1. The Morgan fingerprint density at radius 2 is 2.00 bits per heavy atom. The molecule has 184 valence electrons. The quantitative estimate of drug-likeness (QED) is 0.444. The van der Waals surface area contributed by atoms with Gasteiger partial charge in [0.1, 0.15) is 23.9 Å². The fraction of sp³-hybridized carbons (Fsp3) is 0.286. The second-order valence-electron chi connectivity index (χ2n) is 8.77. The van der Waals surface area contributed by atoms with Crippen molar-refractivity contribution in [1.29, 1.82) is 5.26 Å². The van der Waals surface area contributed by atoms with Crippen molar-refractivity contribution in [2.24, 2.45) is 0 Å². The first-order chi connectivity index (χ1) is 17.5. The van der Waals surface area contributed by atoms with Crippen LogP contribution in [0.3, 0.4) is 0 Å². The highest BCUT2D eigenvalue weighted by molar-refractivity contribution is 5.74. The molecule has 0 saturated carbocycles. The van der Waals surface area contributed by atoms with Crippen molar-refractivity contribution >= 4 is 23.0 Å². The van der Waals surface area contributed by atoms with Gasteiger partial charge in [-0.25, -0.2) is 4.39 Å². The summed E-state index contributed by atoms with van der Waals surface area (Å²) in [5.74, 6) is 0.745. The third-order valence-electron chi connectivity index (χ3n) is 6.64. The van der Waals surface area contributed by atoms with Crippen molar-refractivity contribution in [3.63, 3.8) is 0 Å². The minimum atomic E-state index is -0.454. The summed E-state index contributed by atoms with van der Waals surface area (Å²) >= 11 is 0. The minimum Gasteiger partial charge on any atom is -0.493 e. The number of nitrogens with zero attached hydrogens (tertiary/aromatic N) is 2. The van der Waals surface area contributed by atoms with Gasteiger partial charge in [0, 0.05) is 35.3 Å². The number of nitrogens with one attached hydrogen (secondary N) is 1. The van der Waals surface area contributed by atoms with Crippen molar-refractivity contribution in [2.45, 2.75) is 25.3 Å². The van der Waals surface area contributed by atoms with Crippen LogP contribution in [-0.4, -0.2) is 32.8 Å². The molecule has 0 bridgehead atoms. The van der Waals surface area contributed by atoms with Crippen LogP contribution in [0.5, 0.6) is 11.5 Å². The Labute approximate surface area is 209 Å². The predicted molar refractivity (Wildman–Crippen MR) is 133 cm³/mol. The lowest BCUT2D eigenvalue weighted by Gasteiger charge is -2.25. The van der Waals surface area contributed by atoms with E-state index in [0.29, 0.717) is 31.2 Å². The topological polar surface area (TPSA) is 83.8 Å². The van der Waals surface area contributed by atoms with Crippen molar-refractivity contribution in [1.82, 2.24) is 0 Å². The van der Waals surface area contributed by atoms with E-state index in [1.54, 1.807) is 12.1 Å². The Morgan fingerprint density at radius 1 is 1.14 bits per heavy atom. The molecule has 0 amide bonds. The van der Waals surface area contributed by atoms with Crippen molar-refractivity contribution in [2.75, 3.05) is 37.1 Å². The van der Waals surface area contributed by atoms with Gasteiger partial charge < -0.3 is 24.4 Å². The SMILES string of the molecule is CCN(c1ccc(C#N)cc1F)c1cccc2c1OC[C@H]2Nc1ccc2c(c1)OC[C@H]2CC(=O)OC. The maximum absolute atomic E-state index is 14.8. The van der Waals surface area contributed by atoms with Gasteiger partial charge >= 0.3 is 5.97 Å². The minimum absolute atomic E-state index is 0.0118. The summed E-state index contributed by atoms with van der Waals surface area (Å²) in [7, 11) is 1.39. The summed E-state index contributed by atoms with van der Waals surface area (Å²) in [4.78, 5) is 13.5. The number of methoxy groups -OCH3 is 1. The number of fused-ring (bicyclic) bond motifs is 2. The molecule has 7 nitrogen and oxygen atoms in total. The summed E-state index contributed by atoms with van der Waals surface area (Å²) in [6, 6.07) is 18.1. The van der Waals surface area contributed by atoms with E-state index in [2.05, 4.69) is 5.32 Å². The molecule has 1 N–H and O–H groups in total. The molecule has 8 heteroatoms. The molecule has 0 aliphatic carbocycles. The standard InChI is InChI=1S/C28H26FN3O4/c1-3-32(24-10-7-17(14-30)11-22(24)29)25-6-4-5-21-23(16-36-28(21)25)31-19-8-9-20-18(12-27(33)34-2)15-35-26(20)13-19/h4-11,13,18,23,31H,3,12,15-16H2,1-2H3/t18-,23-/m1/s1. The van der Waals surface area contributed by atoms with Crippen molar-refractivity contribution in [3.8, 4) is 17.6 Å². The molecule has 0 spiro atoms. The van der Waals surface area contributed by atoms with E-state index in [0.717, 1.165) is 28.3 Å². The molecule has 3 aromatic rings. The number of benzene rings is 3. The third-order valence-corrected chi connectivity index (χ3v) is 6.64. The fourth-order valence-electron chi connectivity index (χ4n) is 4.85. The molecule has 0 saturated heterocycles. The highest BCUT2D eigenvalue weighted by Crippen LogP contribution is 2.45. The number of esters is 1. The molecule has 2 aliphatic rings. The highest BCUT2D eigenvalue weighted by atomic mass is 19.1. The smallest absolute Gasteiger partial charge is 0.306 e. The molecule has 0 unspecified atom stereocenters. The van der Waals surface area contributed by atoms with Gasteiger partial charge in [-0.2, -0.15) is 5.26 Å². The van der Waals surface area contributed by atoms with Crippen LogP contribution >= 0.6 is 0 Å². The van der Waals surface area contributed by atoms with E-state index >= 15 is 0 Å². The number of halogens is 1. The summed E-state index contributed by atoms with van der Waals surface area (Å²) in [6.07, 6.45) is 0.288. The molecule has 5 rings (SSSR count). The van der Waals surface area contributed by atoms with Gasteiger partial charge in [-0.1, -0.05) is 18.2 Å². The van der Waals surface area contributed by atoms with Gasteiger partial charge in [-0.3, -0.25) is 4.79 Å². The van der Waals surface area contributed by atoms with Gasteiger partial charge in [0.2, 0.25) is 0 Å². The average Bonchev–Trinajstić information content (AvgIpc) is 3.49. The first-order valence-electron chi connectivity index (χ1n) is 11.8. The molecule has 0 radical (unpaired) electrons. The molecule has 2 aliphatic heterocycles. The summed E-state index contributed by atoms with van der Waals surface area (Å²) < 4.78 is 31.6. The first kappa shape index (κ1) is 23.5. The number of hydrogen-bond donors (Lipinski definition) is 1. The molecule has 0 fully saturated rings. The van der Waals surface area contributed by atoms with Gasteiger partial charge in [-0.15, -0.1) is 0 Å². The van der Waals surface area contributed by atoms with Crippen LogP contribution in [0.4, 0.5) is 21.5 Å². The summed E-state index contributed by atoms with van der Waals surface area (Å²) in [5, 5.41) is 12.6. The zero-order chi connectivity index (χ0) is 25.2. The molecule has 2 atom stereocenters. The lowest BCUT2D eigenvalue weighted by atomic mass is 9.97. The number of ether oxygens (including phenoxy) is 3. The monoisotopic (exact) mass is 487 g/mol. The second-order valence-corrected chi connectivity index (χ2v) is 8.77. The van der Waals surface area contributed by atoms with Crippen LogP contribution in [0.1, 0.15) is 42.0 Å². The largest absolute Gasteiger partial charge is 0.493 e. The number of hydrogen-bond acceptors (Lipinski definition) is 7. The van der Waals surface area contributed by atoms with Gasteiger partial charge in [-0.05, 0) is 37.3 Å². The number of carbonyl (C=O) groups excluding carboxylic acids is 1. The van der Waals surface area contributed by atoms with Crippen LogP contribution in [0.2, 0.25) is 0 Å². The normalized spacial score (nSPS) is 17.3. The van der Waals surface area contributed by atoms with E-state index < -0.39 is 5.82 Å². The Morgan fingerprint density at radius 3 is 2.75 bits per heavy atom. The van der Waals surface area contributed by atoms with Gasteiger partial charge in [0.15, 0.2) is 0 Å². The molecule has 36 heavy (non-hydrogen) atoms.